The van der Waals surface area contributed by atoms with Gasteiger partial charge in [-0.15, -0.1) is 10.2 Å². The van der Waals surface area contributed by atoms with Crippen LogP contribution in [0.2, 0.25) is 5.02 Å². The van der Waals surface area contributed by atoms with Crippen molar-refractivity contribution in [3.8, 4) is 5.75 Å². The molecule has 1 aromatic heterocycles. The van der Waals surface area contributed by atoms with Gasteiger partial charge in [-0.2, -0.15) is 0 Å². The third-order valence-corrected chi connectivity index (χ3v) is 4.97. The molecule has 1 amide bonds. The number of carbonyl (C=O) groups is 2. The summed E-state index contributed by atoms with van der Waals surface area (Å²) in [7, 11) is 3.25. The van der Waals surface area contributed by atoms with Gasteiger partial charge >= 0.3 is 5.97 Å². The molecule has 0 saturated carbocycles. The maximum absolute atomic E-state index is 12.5. The van der Waals surface area contributed by atoms with Crippen LogP contribution in [0.4, 0.5) is 5.69 Å². The van der Waals surface area contributed by atoms with Crippen LogP contribution in [0.1, 0.15) is 19.7 Å². The van der Waals surface area contributed by atoms with Gasteiger partial charge in [0.1, 0.15) is 18.0 Å². The zero-order chi connectivity index (χ0) is 20.0. The third-order valence-electron chi connectivity index (χ3n) is 3.60. The number of esters is 1. The summed E-state index contributed by atoms with van der Waals surface area (Å²) in [5, 5.41) is 11.4. The Balaban J connectivity index is 2.04. The maximum Gasteiger partial charge on any atom is 0.313 e. The summed E-state index contributed by atoms with van der Waals surface area (Å²) in [5.74, 6) is 0.374. The Kier molecular flexibility index (Phi) is 7.49. The molecule has 10 heteroatoms. The first-order chi connectivity index (χ1) is 12.8. The number of nitrogens with one attached hydrogen (secondary N) is 1. The number of benzene rings is 1. The number of nitrogens with zero attached hydrogens (tertiary/aromatic N) is 3. The highest BCUT2D eigenvalue weighted by molar-refractivity contribution is 8.00. The van der Waals surface area contributed by atoms with Gasteiger partial charge in [-0.25, -0.2) is 0 Å². The molecule has 0 unspecified atom stereocenters. The van der Waals surface area contributed by atoms with Crippen molar-refractivity contribution in [3.63, 3.8) is 0 Å². The van der Waals surface area contributed by atoms with Crippen LogP contribution in [0.15, 0.2) is 23.4 Å². The second kappa shape index (κ2) is 9.61. The topological polar surface area (TPSA) is 95.3 Å². The van der Waals surface area contributed by atoms with E-state index in [9.17, 15) is 9.59 Å². The van der Waals surface area contributed by atoms with Gasteiger partial charge in [-0.1, -0.05) is 23.4 Å². The van der Waals surface area contributed by atoms with Crippen LogP contribution in [0.5, 0.6) is 5.75 Å². The molecule has 1 aromatic carbocycles. The molecule has 0 aliphatic carbocycles. The molecule has 0 spiro atoms. The normalized spacial score (nSPS) is 11.7. The van der Waals surface area contributed by atoms with E-state index < -0.39 is 5.25 Å². The first-order valence-corrected chi connectivity index (χ1v) is 9.46. The minimum absolute atomic E-state index is 0.0260. The van der Waals surface area contributed by atoms with Crippen LogP contribution in [0.3, 0.4) is 0 Å². The fourth-order valence-electron chi connectivity index (χ4n) is 2.17. The van der Waals surface area contributed by atoms with Gasteiger partial charge in [0.2, 0.25) is 5.91 Å². The number of methoxy groups -OCH3 is 1. The summed E-state index contributed by atoms with van der Waals surface area (Å²) in [4.78, 5) is 24.1. The van der Waals surface area contributed by atoms with Gasteiger partial charge in [0.25, 0.3) is 0 Å². The van der Waals surface area contributed by atoms with Crippen LogP contribution < -0.4 is 10.1 Å². The molecule has 146 valence electrons. The molecule has 1 heterocycles. The van der Waals surface area contributed by atoms with Crippen molar-refractivity contribution in [1.29, 1.82) is 0 Å². The first kappa shape index (κ1) is 21.0. The first-order valence-electron chi connectivity index (χ1n) is 8.20. The molecule has 1 N–H and O–H groups in total. The van der Waals surface area contributed by atoms with E-state index in [2.05, 4.69) is 15.5 Å². The number of thioether (sulfide) groups is 1. The summed E-state index contributed by atoms with van der Waals surface area (Å²) >= 11 is 7.21. The molecule has 0 aliphatic rings. The van der Waals surface area contributed by atoms with Crippen LogP contribution in [-0.2, 0) is 27.8 Å². The zero-order valence-electron chi connectivity index (χ0n) is 15.5. The van der Waals surface area contributed by atoms with Crippen LogP contribution in [-0.4, -0.2) is 45.6 Å². The van der Waals surface area contributed by atoms with E-state index in [0.29, 0.717) is 34.0 Å². The Hall–Kier alpha value is -2.26. The summed E-state index contributed by atoms with van der Waals surface area (Å²) < 4.78 is 11.8. The lowest BCUT2D eigenvalue weighted by atomic mass is 10.3. The van der Waals surface area contributed by atoms with Crippen LogP contribution >= 0.6 is 23.4 Å². The highest BCUT2D eigenvalue weighted by Gasteiger charge is 2.21. The largest absolute Gasteiger partial charge is 0.495 e. The number of anilines is 1. The molecule has 1 atom stereocenters. The molecular formula is C17H21ClN4O4S. The van der Waals surface area contributed by atoms with Crippen molar-refractivity contribution in [3.05, 3.63) is 29.0 Å². The Labute approximate surface area is 166 Å². The minimum atomic E-state index is -0.466. The van der Waals surface area contributed by atoms with Crippen molar-refractivity contribution < 1.29 is 19.1 Å². The number of halogens is 1. The van der Waals surface area contributed by atoms with Gasteiger partial charge in [-0.3, -0.25) is 9.59 Å². The number of aromatic nitrogens is 3. The Morgan fingerprint density at radius 3 is 2.78 bits per heavy atom. The van der Waals surface area contributed by atoms with Crippen molar-refractivity contribution >= 4 is 40.9 Å². The van der Waals surface area contributed by atoms with Crippen molar-refractivity contribution in [2.75, 3.05) is 19.0 Å². The molecule has 0 saturated heterocycles. The fourth-order valence-corrected chi connectivity index (χ4v) is 3.17. The molecule has 2 aromatic rings. The standard InChI is InChI=1S/C17H21ClN4O4S/c1-5-26-15(23)9-14-20-21-17(22(14)3)27-10(2)16(24)19-12-8-11(18)6-7-13(12)25-4/h6-8,10H,5,9H2,1-4H3,(H,19,24)/t10-/m0/s1. The molecule has 8 nitrogen and oxygen atoms in total. The summed E-state index contributed by atoms with van der Waals surface area (Å²) in [6.07, 6.45) is 0.0260. The lowest BCUT2D eigenvalue weighted by Crippen LogP contribution is -2.23. The van der Waals surface area contributed by atoms with E-state index in [1.54, 1.807) is 43.7 Å². The van der Waals surface area contributed by atoms with Crippen LogP contribution in [0.25, 0.3) is 0 Å². The number of carbonyl (C=O) groups excluding carboxylic acids is 2. The van der Waals surface area contributed by atoms with E-state index in [4.69, 9.17) is 21.1 Å². The lowest BCUT2D eigenvalue weighted by molar-refractivity contribution is -0.142. The Morgan fingerprint density at radius 2 is 2.11 bits per heavy atom. The third kappa shape index (κ3) is 5.61. The monoisotopic (exact) mass is 412 g/mol. The Morgan fingerprint density at radius 1 is 1.37 bits per heavy atom. The van der Waals surface area contributed by atoms with E-state index >= 15 is 0 Å². The van der Waals surface area contributed by atoms with E-state index in [-0.39, 0.29) is 18.3 Å². The highest BCUT2D eigenvalue weighted by atomic mass is 35.5. The summed E-state index contributed by atoms with van der Waals surface area (Å²) in [6, 6.07) is 4.98. The lowest BCUT2D eigenvalue weighted by Gasteiger charge is -2.14. The van der Waals surface area contributed by atoms with Crippen molar-refractivity contribution in [2.45, 2.75) is 30.7 Å². The number of ether oxygens (including phenoxy) is 2. The number of amides is 1. The molecule has 2 rings (SSSR count). The summed E-state index contributed by atoms with van der Waals surface area (Å²) in [5.41, 5.74) is 0.489. The fraction of sp³-hybridized carbons (Fsp3) is 0.412. The molecule has 0 radical (unpaired) electrons. The summed E-state index contributed by atoms with van der Waals surface area (Å²) in [6.45, 7) is 3.80. The van der Waals surface area contributed by atoms with Crippen molar-refractivity contribution in [2.24, 2.45) is 7.05 Å². The van der Waals surface area contributed by atoms with Crippen molar-refractivity contribution in [1.82, 2.24) is 14.8 Å². The van der Waals surface area contributed by atoms with E-state index in [0.717, 1.165) is 0 Å². The highest BCUT2D eigenvalue weighted by Crippen LogP contribution is 2.29. The second-order valence-electron chi connectivity index (χ2n) is 5.53. The minimum Gasteiger partial charge on any atom is -0.495 e. The maximum atomic E-state index is 12.5. The van der Waals surface area contributed by atoms with Gasteiger partial charge in [0, 0.05) is 12.1 Å². The predicted octanol–water partition coefficient (Wildman–Crippen LogP) is 2.70. The van der Waals surface area contributed by atoms with E-state index in [1.807, 2.05) is 0 Å². The molecule has 0 aliphatic heterocycles. The average molecular weight is 413 g/mol. The molecule has 0 bridgehead atoms. The predicted molar refractivity (Wildman–Crippen MR) is 103 cm³/mol. The Bertz CT molecular complexity index is 827. The molecular weight excluding hydrogens is 392 g/mol. The van der Waals surface area contributed by atoms with Gasteiger partial charge in [-0.05, 0) is 32.0 Å². The van der Waals surface area contributed by atoms with Gasteiger partial charge in [0.05, 0.1) is 24.7 Å². The van der Waals surface area contributed by atoms with E-state index in [1.165, 1.54) is 18.9 Å². The van der Waals surface area contributed by atoms with Crippen LogP contribution in [0, 0.1) is 0 Å². The smallest absolute Gasteiger partial charge is 0.313 e. The van der Waals surface area contributed by atoms with Gasteiger partial charge in [0.15, 0.2) is 5.16 Å². The number of hydrogen-bond donors (Lipinski definition) is 1. The zero-order valence-corrected chi connectivity index (χ0v) is 17.1. The molecule has 27 heavy (non-hydrogen) atoms. The number of hydrogen-bond acceptors (Lipinski definition) is 7. The quantitative estimate of drug-likeness (QED) is 0.526. The SMILES string of the molecule is CCOC(=O)Cc1nnc(S[C@@H](C)C(=O)Nc2cc(Cl)ccc2OC)n1C. The second-order valence-corrected chi connectivity index (χ2v) is 7.28. The molecule has 0 fully saturated rings. The average Bonchev–Trinajstić information content (AvgIpc) is 2.95. The van der Waals surface area contributed by atoms with Gasteiger partial charge < -0.3 is 19.4 Å². The number of rotatable bonds is 8.